The predicted molar refractivity (Wildman–Crippen MR) is 59.8 cm³/mol. The molecule has 4 N–H and O–H groups in total. The van der Waals surface area contributed by atoms with Crippen LogP contribution in [0.3, 0.4) is 0 Å². The molecular formula is C9H13N3O2S. The molecule has 0 fully saturated rings. The lowest BCUT2D eigenvalue weighted by Gasteiger charge is -2.05. The maximum atomic E-state index is 11.1. The van der Waals surface area contributed by atoms with Crippen LogP contribution in [-0.2, 0) is 4.74 Å². The summed E-state index contributed by atoms with van der Waals surface area (Å²) in [5, 5.41) is 0.591. The summed E-state index contributed by atoms with van der Waals surface area (Å²) in [5.41, 5.74) is 11.5. The SMILES string of the molecule is COCCSc1ncc(N)cc1C(N)=O. The summed E-state index contributed by atoms with van der Waals surface area (Å²) in [6.45, 7) is 0.592. The van der Waals surface area contributed by atoms with E-state index in [-0.39, 0.29) is 0 Å². The molecule has 0 aliphatic carbocycles. The molecule has 1 amide bonds. The maximum absolute atomic E-state index is 11.1. The van der Waals surface area contributed by atoms with Gasteiger partial charge in [0, 0.05) is 12.9 Å². The fourth-order valence-electron chi connectivity index (χ4n) is 0.982. The molecule has 0 aromatic carbocycles. The van der Waals surface area contributed by atoms with Crippen molar-refractivity contribution in [3.63, 3.8) is 0 Å². The highest BCUT2D eigenvalue weighted by Gasteiger charge is 2.10. The van der Waals surface area contributed by atoms with E-state index in [4.69, 9.17) is 16.2 Å². The lowest BCUT2D eigenvalue weighted by molar-refractivity contribution is 0.0997. The molecule has 0 saturated carbocycles. The molecule has 0 spiro atoms. The molecule has 0 radical (unpaired) electrons. The molecule has 0 unspecified atom stereocenters. The summed E-state index contributed by atoms with van der Waals surface area (Å²) in [6, 6.07) is 1.53. The largest absolute Gasteiger partial charge is 0.397 e. The summed E-state index contributed by atoms with van der Waals surface area (Å²) in [7, 11) is 1.62. The smallest absolute Gasteiger partial charge is 0.251 e. The predicted octanol–water partition coefficient (Wildman–Crippen LogP) is 0.501. The number of ether oxygens (including phenoxy) is 1. The van der Waals surface area contributed by atoms with Crippen molar-refractivity contribution in [1.82, 2.24) is 4.98 Å². The average Bonchev–Trinajstić information content (AvgIpc) is 2.20. The topological polar surface area (TPSA) is 91.2 Å². The normalized spacial score (nSPS) is 10.2. The molecule has 1 heterocycles. The second-order valence-electron chi connectivity index (χ2n) is 2.83. The molecule has 0 aliphatic heterocycles. The van der Waals surface area contributed by atoms with Gasteiger partial charge < -0.3 is 16.2 Å². The maximum Gasteiger partial charge on any atom is 0.251 e. The lowest BCUT2D eigenvalue weighted by atomic mass is 10.2. The average molecular weight is 227 g/mol. The van der Waals surface area contributed by atoms with E-state index in [1.165, 1.54) is 24.0 Å². The van der Waals surface area contributed by atoms with Crippen LogP contribution in [0.5, 0.6) is 0 Å². The fourth-order valence-corrected chi connectivity index (χ4v) is 1.87. The number of primary amides is 1. The fraction of sp³-hybridized carbons (Fsp3) is 0.333. The van der Waals surface area contributed by atoms with Gasteiger partial charge in [-0.25, -0.2) is 4.98 Å². The number of nitrogen functional groups attached to an aromatic ring is 1. The van der Waals surface area contributed by atoms with Gasteiger partial charge in [-0.2, -0.15) is 0 Å². The van der Waals surface area contributed by atoms with Crippen LogP contribution >= 0.6 is 11.8 Å². The van der Waals surface area contributed by atoms with Gasteiger partial charge in [-0.05, 0) is 6.07 Å². The number of carbonyl (C=O) groups is 1. The van der Waals surface area contributed by atoms with Crippen molar-refractivity contribution in [2.45, 2.75) is 5.03 Å². The monoisotopic (exact) mass is 227 g/mol. The second-order valence-corrected chi connectivity index (χ2v) is 3.91. The van der Waals surface area contributed by atoms with Crippen LogP contribution in [0.2, 0.25) is 0 Å². The zero-order chi connectivity index (χ0) is 11.3. The standard InChI is InChI=1S/C9H13N3O2S/c1-14-2-3-15-9-7(8(11)13)4-6(10)5-12-9/h4-5H,2-3,10H2,1H3,(H2,11,13). The Morgan fingerprint density at radius 3 is 3.00 bits per heavy atom. The number of thioether (sulfide) groups is 1. The van der Waals surface area contributed by atoms with Crippen LogP contribution in [0.1, 0.15) is 10.4 Å². The van der Waals surface area contributed by atoms with Gasteiger partial charge in [0.05, 0.1) is 24.1 Å². The molecule has 0 bridgehead atoms. The number of amides is 1. The van der Waals surface area contributed by atoms with Gasteiger partial charge in [0.25, 0.3) is 5.91 Å². The molecule has 15 heavy (non-hydrogen) atoms. The Labute approximate surface area is 92.2 Å². The Hall–Kier alpha value is -1.27. The van der Waals surface area contributed by atoms with Crippen LogP contribution < -0.4 is 11.5 Å². The molecule has 0 saturated heterocycles. The lowest BCUT2D eigenvalue weighted by Crippen LogP contribution is -2.13. The van der Waals surface area contributed by atoms with Crippen molar-refractivity contribution >= 4 is 23.4 Å². The third-order valence-corrected chi connectivity index (χ3v) is 2.63. The summed E-state index contributed by atoms with van der Waals surface area (Å²) in [6.07, 6.45) is 1.50. The Morgan fingerprint density at radius 2 is 2.40 bits per heavy atom. The van der Waals surface area contributed by atoms with Gasteiger partial charge in [-0.1, -0.05) is 0 Å². The minimum absolute atomic E-state index is 0.358. The Bertz CT molecular complexity index is 357. The zero-order valence-electron chi connectivity index (χ0n) is 8.40. The van der Waals surface area contributed by atoms with E-state index >= 15 is 0 Å². The van der Waals surface area contributed by atoms with Crippen LogP contribution in [-0.4, -0.2) is 30.4 Å². The van der Waals surface area contributed by atoms with E-state index < -0.39 is 5.91 Å². The van der Waals surface area contributed by atoms with E-state index in [9.17, 15) is 4.79 Å². The molecule has 6 heteroatoms. The number of nitrogens with two attached hydrogens (primary N) is 2. The minimum Gasteiger partial charge on any atom is -0.397 e. The first-order chi connectivity index (χ1) is 7.15. The first-order valence-corrected chi connectivity index (χ1v) is 5.30. The van der Waals surface area contributed by atoms with E-state index in [1.807, 2.05) is 0 Å². The Kier molecular flexibility index (Phi) is 4.38. The number of pyridine rings is 1. The van der Waals surface area contributed by atoms with Crippen LogP contribution in [0.4, 0.5) is 5.69 Å². The molecule has 1 rings (SSSR count). The van der Waals surface area contributed by atoms with Crippen LogP contribution in [0, 0.1) is 0 Å². The van der Waals surface area contributed by atoms with E-state index in [0.29, 0.717) is 28.6 Å². The van der Waals surface area contributed by atoms with Crippen LogP contribution in [0.25, 0.3) is 0 Å². The quantitative estimate of drug-likeness (QED) is 0.564. The molecule has 0 atom stereocenters. The number of methoxy groups -OCH3 is 1. The van der Waals surface area contributed by atoms with Gasteiger partial charge in [0.15, 0.2) is 0 Å². The first kappa shape index (κ1) is 11.8. The number of hydrogen-bond donors (Lipinski definition) is 2. The number of anilines is 1. The summed E-state index contributed by atoms with van der Waals surface area (Å²) < 4.78 is 4.90. The van der Waals surface area contributed by atoms with Crippen molar-refractivity contribution < 1.29 is 9.53 Å². The molecule has 1 aromatic heterocycles. The first-order valence-electron chi connectivity index (χ1n) is 4.32. The highest BCUT2D eigenvalue weighted by molar-refractivity contribution is 7.99. The van der Waals surface area contributed by atoms with Gasteiger partial charge in [0.2, 0.25) is 0 Å². The van der Waals surface area contributed by atoms with Crippen molar-refractivity contribution in [3.05, 3.63) is 17.8 Å². The Balaban J connectivity index is 2.81. The third kappa shape index (κ3) is 3.41. The van der Waals surface area contributed by atoms with Gasteiger partial charge in [0.1, 0.15) is 5.03 Å². The van der Waals surface area contributed by atoms with Crippen LogP contribution in [0.15, 0.2) is 17.3 Å². The zero-order valence-corrected chi connectivity index (χ0v) is 9.21. The molecular weight excluding hydrogens is 214 g/mol. The van der Waals surface area contributed by atoms with Gasteiger partial charge in [-0.3, -0.25) is 4.79 Å². The van der Waals surface area contributed by atoms with Crippen molar-refractivity contribution in [1.29, 1.82) is 0 Å². The van der Waals surface area contributed by atoms with E-state index in [2.05, 4.69) is 4.98 Å². The van der Waals surface area contributed by atoms with Gasteiger partial charge in [-0.15, -0.1) is 11.8 Å². The molecule has 0 aliphatic rings. The number of hydrogen-bond acceptors (Lipinski definition) is 5. The summed E-state index contributed by atoms with van der Waals surface area (Å²) >= 11 is 1.42. The number of rotatable bonds is 5. The van der Waals surface area contributed by atoms with Crippen molar-refractivity contribution in [2.24, 2.45) is 5.73 Å². The highest BCUT2D eigenvalue weighted by Crippen LogP contribution is 2.21. The minimum atomic E-state index is -0.519. The summed E-state index contributed by atoms with van der Waals surface area (Å²) in [5.74, 6) is 0.197. The number of aromatic nitrogens is 1. The second kappa shape index (κ2) is 5.57. The van der Waals surface area contributed by atoms with E-state index in [1.54, 1.807) is 7.11 Å². The van der Waals surface area contributed by atoms with Crippen molar-refractivity contribution in [2.75, 3.05) is 25.2 Å². The Morgan fingerprint density at radius 1 is 1.67 bits per heavy atom. The molecule has 82 valence electrons. The summed E-state index contributed by atoms with van der Waals surface area (Å²) in [4.78, 5) is 15.1. The molecule has 5 nitrogen and oxygen atoms in total. The molecule has 1 aromatic rings. The van der Waals surface area contributed by atoms with Gasteiger partial charge >= 0.3 is 0 Å². The number of nitrogens with zero attached hydrogens (tertiary/aromatic N) is 1. The highest BCUT2D eigenvalue weighted by atomic mass is 32.2. The third-order valence-electron chi connectivity index (χ3n) is 1.66. The van der Waals surface area contributed by atoms with E-state index in [0.717, 1.165) is 0 Å². The van der Waals surface area contributed by atoms with Crippen molar-refractivity contribution in [3.8, 4) is 0 Å². The number of carbonyl (C=O) groups excluding carboxylic acids is 1.